The number of hydrogen-bond donors (Lipinski definition) is 0. The minimum absolute atomic E-state index is 0.0153. The Labute approximate surface area is 196 Å². The van der Waals surface area contributed by atoms with Crippen LogP contribution < -0.4 is 0 Å². The number of rotatable bonds is 8. The molecule has 0 spiro atoms. The average molecular weight is 492 g/mol. The van der Waals surface area contributed by atoms with Crippen molar-refractivity contribution < 1.29 is 13.2 Å². The Morgan fingerprint density at radius 2 is 1.81 bits per heavy atom. The number of benzene rings is 1. The van der Waals surface area contributed by atoms with Gasteiger partial charge in [0.25, 0.3) is 0 Å². The van der Waals surface area contributed by atoms with Crippen molar-refractivity contribution in [3.8, 4) is 10.7 Å². The molecule has 0 N–H and O–H groups in total. The van der Waals surface area contributed by atoms with Crippen LogP contribution in [0.5, 0.6) is 0 Å². The van der Waals surface area contributed by atoms with E-state index < -0.39 is 10.0 Å². The highest BCUT2D eigenvalue weighted by molar-refractivity contribution is 7.99. The number of nitrogens with zero attached hydrogens (tertiary/aromatic N) is 5. The molecule has 1 fully saturated rings. The maximum absolute atomic E-state index is 12.7. The van der Waals surface area contributed by atoms with E-state index >= 15 is 0 Å². The van der Waals surface area contributed by atoms with Gasteiger partial charge in [-0.05, 0) is 23.9 Å². The number of thioether (sulfide) groups is 1. The third kappa shape index (κ3) is 5.22. The van der Waals surface area contributed by atoms with Gasteiger partial charge in [0.15, 0.2) is 11.0 Å². The van der Waals surface area contributed by atoms with E-state index in [1.807, 2.05) is 59.3 Å². The molecule has 3 aromatic rings. The molecule has 170 valence electrons. The van der Waals surface area contributed by atoms with E-state index in [-0.39, 0.29) is 17.4 Å². The van der Waals surface area contributed by atoms with Gasteiger partial charge in [-0.25, -0.2) is 8.42 Å². The number of carbonyl (C=O) groups is 1. The maximum Gasteiger partial charge on any atom is 0.233 e. The Bertz CT molecular complexity index is 1140. The van der Waals surface area contributed by atoms with E-state index in [4.69, 9.17) is 0 Å². The third-order valence-electron chi connectivity index (χ3n) is 5.28. The van der Waals surface area contributed by atoms with E-state index in [1.165, 1.54) is 16.1 Å². The minimum atomic E-state index is -3.40. The first-order chi connectivity index (χ1) is 15.5. The van der Waals surface area contributed by atoms with E-state index in [9.17, 15) is 13.2 Å². The normalized spacial score (nSPS) is 15.2. The first kappa shape index (κ1) is 23.0. The minimum Gasteiger partial charge on any atom is -0.339 e. The van der Waals surface area contributed by atoms with Gasteiger partial charge >= 0.3 is 0 Å². The zero-order valence-electron chi connectivity index (χ0n) is 17.8. The molecule has 8 nitrogen and oxygen atoms in total. The summed E-state index contributed by atoms with van der Waals surface area (Å²) in [6, 6.07) is 13.1. The number of hydrogen-bond acceptors (Lipinski definition) is 7. The molecule has 0 bridgehead atoms. The Hall–Kier alpha value is -2.21. The topological polar surface area (TPSA) is 88.4 Å². The van der Waals surface area contributed by atoms with Crippen LogP contribution in [0, 0.1) is 0 Å². The second-order valence-electron chi connectivity index (χ2n) is 7.34. The van der Waals surface area contributed by atoms with Crippen LogP contribution in [-0.2, 0) is 27.1 Å². The number of aromatic nitrogens is 3. The zero-order valence-corrected chi connectivity index (χ0v) is 20.2. The first-order valence-electron chi connectivity index (χ1n) is 10.4. The predicted molar refractivity (Wildman–Crippen MR) is 127 cm³/mol. The van der Waals surface area contributed by atoms with E-state index in [0.717, 1.165) is 16.3 Å². The molecule has 2 aromatic heterocycles. The average Bonchev–Trinajstić information content (AvgIpc) is 3.47. The van der Waals surface area contributed by atoms with Crippen molar-refractivity contribution in [2.45, 2.75) is 24.4 Å². The van der Waals surface area contributed by atoms with Crippen LogP contribution >= 0.6 is 23.1 Å². The number of piperazine rings is 1. The highest BCUT2D eigenvalue weighted by atomic mass is 32.2. The number of amides is 1. The molecule has 1 aliphatic rings. The fourth-order valence-electron chi connectivity index (χ4n) is 3.58. The van der Waals surface area contributed by atoms with Crippen molar-refractivity contribution in [2.24, 2.45) is 0 Å². The third-order valence-corrected chi connectivity index (χ3v) is 8.94. The summed E-state index contributed by atoms with van der Waals surface area (Å²) in [5.74, 6) is 1.03. The molecule has 0 aliphatic carbocycles. The molecule has 0 atom stereocenters. The van der Waals surface area contributed by atoms with Crippen LogP contribution in [0.1, 0.15) is 12.5 Å². The number of thiophene rings is 1. The quantitative estimate of drug-likeness (QED) is 0.450. The molecule has 11 heteroatoms. The molecule has 32 heavy (non-hydrogen) atoms. The molecule has 4 rings (SSSR count). The second kappa shape index (κ2) is 10.2. The Morgan fingerprint density at radius 1 is 1.06 bits per heavy atom. The van der Waals surface area contributed by atoms with Gasteiger partial charge in [0.2, 0.25) is 15.9 Å². The highest BCUT2D eigenvalue weighted by Crippen LogP contribution is 2.27. The summed E-state index contributed by atoms with van der Waals surface area (Å²) in [5, 5.41) is 11.3. The number of carbonyl (C=O) groups excluding carboxylic acids is 1. The van der Waals surface area contributed by atoms with Crippen molar-refractivity contribution >= 4 is 39.0 Å². The molecule has 0 saturated carbocycles. The molecule has 3 heterocycles. The highest BCUT2D eigenvalue weighted by Gasteiger charge is 2.29. The molecule has 1 aliphatic heterocycles. The fraction of sp³-hybridized carbons (Fsp3) is 0.381. The van der Waals surface area contributed by atoms with Crippen LogP contribution in [0.3, 0.4) is 0 Å². The van der Waals surface area contributed by atoms with Gasteiger partial charge in [0.1, 0.15) is 0 Å². The molecule has 0 radical (unpaired) electrons. The van der Waals surface area contributed by atoms with Gasteiger partial charge in [-0.3, -0.25) is 4.79 Å². The molecule has 1 aromatic carbocycles. The van der Waals surface area contributed by atoms with Crippen molar-refractivity contribution in [1.29, 1.82) is 0 Å². The summed E-state index contributed by atoms with van der Waals surface area (Å²) in [6.45, 7) is 4.18. The van der Waals surface area contributed by atoms with Gasteiger partial charge in [-0.2, -0.15) is 4.31 Å². The lowest BCUT2D eigenvalue weighted by atomic mass is 10.2. The first-order valence-corrected chi connectivity index (χ1v) is 13.8. The molecule has 1 amide bonds. The van der Waals surface area contributed by atoms with Crippen molar-refractivity contribution in [3.05, 3.63) is 53.4 Å². The Morgan fingerprint density at radius 3 is 2.47 bits per heavy atom. The summed E-state index contributed by atoms with van der Waals surface area (Å²) in [6.07, 6.45) is 0. The number of sulfonamides is 1. The van der Waals surface area contributed by atoms with Gasteiger partial charge in [-0.15, -0.1) is 21.5 Å². The summed E-state index contributed by atoms with van der Waals surface area (Å²) in [7, 11) is -3.40. The SMILES string of the molecule is CCn1c(SCC(=O)N2CCN(S(=O)(=O)Cc3ccccc3)CC2)nnc1-c1cccs1. The smallest absolute Gasteiger partial charge is 0.233 e. The lowest BCUT2D eigenvalue weighted by Crippen LogP contribution is -2.51. The summed E-state index contributed by atoms with van der Waals surface area (Å²) >= 11 is 2.98. The Kier molecular flexibility index (Phi) is 7.29. The largest absolute Gasteiger partial charge is 0.339 e. The van der Waals surface area contributed by atoms with Crippen LogP contribution in [0.2, 0.25) is 0 Å². The zero-order chi connectivity index (χ0) is 22.6. The van der Waals surface area contributed by atoms with Crippen molar-refractivity contribution in [2.75, 3.05) is 31.9 Å². The van der Waals surface area contributed by atoms with E-state index in [2.05, 4.69) is 10.2 Å². The van der Waals surface area contributed by atoms with Gasteiger partial charge < -0.3 is 9.47 Å². The standard InChI is InChI=1S/C21H25N5O3S3/c1-2-26-20(18-9-6-14-30-18)22-23-21(26)31-15-19(27)24-10-12-25(13-11-24)32(28,29)16-17-7-4-3-5-8-17/h3-9,14H,2,10-13,15-16H2,1H3. The van der Waals surface area contributed by atoms with E-state index in [1.54, 1.807) is 16.2 Å². The molecular formula is C21H25N5O3S3. The van der Waals surface area contributed by atoms with Gasteiger partial charge in [0, 0.05) is 32.7 Å². The van der Waals surface area contributed by atoms with Gasteiger partial charge in [-0.1, -0.05) is 48.2 Å². The summed E-state index contributed by atoms with van der Waals surface area (Å²) in [4.78, 5) is 15.5. The van der Waals surface area contributed by atoms with Gasteiger partial charge in [0.05, 0.1) is 16.4 Å². The maximum atomic E-state index is 12.7. The van der Waals surface area contributed by atoms with Crippen molar-refractivity contribution in [3.63, 3.8) is 0 Å². The van der Waals surface area contributed by atoms with Crippen LogP contribution in [0.25, 0.3) is 10.7 Å². The lowest BCUT2D eigenvalue weighted by Gasteiger charge is -2.34. The molecule has 1 saturated heterocycles. The van der Waals surface area contributed by atoms with Crippen LogP contribution in [0.4, 0.5) is 0 Å². The van der Waals surface area contributed by atoms with Crippen LogP contribution in [0.15, 0.2) is 53.0 Å². The lowest BCUT2D eigenvalue weighted by molar-refractivity contribution is -0.129. The molecular weight excluding hydrogens is 466 g/mol. The summed E-state index contributed by atoms with van der Waals surface area (Å²) in [5.41, 5.74) is 0.768. The predicted octanol–water partition coefficient (Wildman–Crippen LogP) is 2.79. The fourth-order valence-corrected chi connectivity index (χ4v) is 6.72. The van der Waals surface area contributed by atoms with Crippen LogP contribution in [-0.4, -0.2) is 70.2 Å². The molecule has 0 unspecified atom stereocenters. The van der Waals surface area contributed by atoms with Crippen molar-refractivity contribution in [1.82, 2.24) is 24.0 Å². The van der Waals surface area contributed by atoms with E-state index in [0.29, 0.717) is 37.9 Å². The Balaban J connectivity index is 1.31. The second-order valence-corrected chi connectivity index (χ2v) is 11.2. The monoisotopic (exact) mass is 491 g/mol. The summed E-state index contributed by atoms with van der Waals surface area (Å²) < 4.78 is 28.9.